The van der Waals surface area contributed by atoms with Crippen LogP contribution >= 0.6 is 0 Å². The molecule has 1 aliphatic heterocycles. The van der Waals surface area contributed by atoms with E-state index in [9.17, 15) is 4.79 Å². The van der Waals surface area contributed by atoms with Gasteiger partial charge in [-0.2, -0.15) is 0 Å². The number of ether oxygens (including phenoxy) is 1. The lowest BCUT2D eigenvalue weighted by molar-refractivity contribution is -0.152. The van der Waals surface area contributed by atoms with Crippen molar-refractivity contribution in [2.24, 2.45) is 5.41 Å². The van der Waals surface area contributed by atoms with Gasteiger partial charge < -0.3 is 4.74 Å². The third-order valence-electron chi connectivity index (χ3n) is 2.18. The van der Waals surface area contributed by atoms with Gasteiger partial charge in [-0.15, -0.1) is 6.58 Å². The lowest BCUT2D eigenvalue weighted by Gasteiger charge is -2.31. The molecule has 62 valence electrons. The molecule has 0 saturated carbocycles. The van der Waals surface area contributed by atoms with Crippen LogP contribution in [-0.4, -0.2) is 12.6 Å². The molecule has 2 nitrogen and oxygen atoms in total. The van der Waals surface area contributed by atoms with E-state index in [1.807, 2.05) is 6.08 Å². The van der Waals surface area contributed by atoms with Crippen molar-refractivity contribution in [1.29, 1.82) is 0 Å². The first-order chi connectivity index (χ1) is 5.16. The molecule has 0 radical (unpaired) electrons. The first-order valence-electron chi connectivity index (χ1n) is 3.93. The molecule has 1 aliphatic rings. The van der Waals surface area contributed by atoms with Crippen LogP contribution in [0, 0.1) is 5.41 Å². The summed E-state index contributed by atoms with van der Waals surface area (Å²) in [6.45, 7) is 6.35. The summed E-state index contributed by atoms with van der Waals surface area (Å²) in [7, 11) is 0. The van der Waals surface area contributed by atoms with Crippen LogP contribution in [0.1, 0.15) is 26.2 Å². The molecule has 0 bridgehead atoms. The summed E-state index contributed by atoms with van der Waals surface area (Å²) in [6, 6.07) is 0. The molecule has 0 aromatic heterocycles. The van der Waals surface area contributed by atoms with E-state index in [0.29, 0.717) is 13.0 Å². The summed E-state index contributed by atoms with van der Waals surface area (Å²) >= 11 is 0. The molecule has 1 atom stereocenters. The van der Waals surface area contributed by atoms with Gasteiger partial charge in [-0.1, -0.05) is 13.0 Å². The molecule has 0 spiro atoms. The summed E-state index contributed by atoms with van der Waals surface area (Å²) in [6.07, 6.45) is 4.28. The van der Waals surface area contributed by atoms with Crippen molar-refractivity contribution in [3.63, 3.8) is 0 Å². The van der Waals surface area contributed by atoms with Crippen molar-refractivity contribution >= 4 is 5.97 Å². The van der Waals surface area contributed by atoms with Crippen molar-refractivity contribution in [3.05, 3.63) is 12.7 Å². The van der Waals surface area contributed by atoms with Crippen LogP contribution in [0.25, 0.3) is 0 Å². The van der Waals surface area contributed by atoms with Gasteiger partial charge in [0.05, 0.1) is 13.0 Å². The van der Waals surface area contributed by atoms with E-state index < -0.39 is 0 Å². The molecule has 11 heavy (non-hydrogen) atoms. The van der Waals surface area contributed by atoms with Crippen LogP contribution in [0.3, 0.4) is 0 Å². The molecule has 1 unspecified atom stereocenters. The summed E-state index contributed by atoms with van der Waals surface area (Å²) in [5, 5.41) is 0. The Hall–Kier alpha value is -0.790. The number of cyclic esters (lactones) is 1. The number of rotatable bonds is 2. The second-order valence-electron chi connectivity index (χ2n) is 3.45. The Labute approximate surface area is 67.2 Å². The molecule has 1 fully saturated rings. The number of allylic oxidation sites excluding steroid dienone is 1. The zero-order chi connectivity index (χ0) is 8.32. The highest BCUT2D eigenvalue weighted by molar-refractivity contribution is 5.71. The Morgan fingerprint density at radius 2 is 2.55 bits per heavy atom. The first-order valence-corrected chi connectivity index (χ1v) is 3.93. The van der Waals surface area contributed by atoms with Crippen molar-refractivity contribution in [2.75, 3.05) is 6.61 Å². The molecule has 0 aliphatic carbocycles. The molecule has 0 aromatic rings. The van der Waals surface area contributed by atoms with Gasteiger partial charge in [0.15, 0.2) is 0 Å². The largest absolute Gasteiger partial charge is 0.466 e. The summed E-state index contributed by atoms with van der Waals surface area (Å²) in [4.78, 5) is 10.9. The third-order valence-corrected chi connectivity index (χ3v) is 2.18. The normalized spacial score (nSPS) is 31.2. The monoisotopic (exact) mass is 154 g/mol. The topological polar surface area (TPSA) is 26.3 Å². The van der Waals surface area contributed by atoms with E-state index in [0.717, 1.165) is 12.8 Å². The van der Waals surface area contributed by atoms with Crippen molar-refractivity contribution in [2.45, 2.75) is 26.2 Å². The average molecular weight is 154 g/mol. The lowest BCUT2D eigenvalue weighted by atomic mass is 9.79. The standard InChI is InChI=1S/C9H14O2/c1-3-4-9(2)5-6-11-8(10)7-9/h3H,1,4-7H2,2H3. The van der Waals surface area contributed by atoms with Crippen molar-refractivity contribution in [3.8, 4) is 0 Å². The predicted octanol–water partition coefficient (Wildman–Crippen LogP) is 1.91. The van der Waals surface area contributed by atoms with E-state index in [2.05, 4.69) is 13.5 Å². The fourth-order valence-corrected chi connectivity index (χ4v) is 1.42. The number of hydrogen-bond donors (Lipinski definition) is 0. The smallest absolute Gasteiger partial charge is 0.306 e. The number of hydrogen-bond acceptors (Lipinski definition) is 2. The van der Waals surface area contributed by atoms with Gasteiger partial charge in [0.25, 0.3) is 0 Å². The highest BCUT2D eigenvalue weighted by Crippen LogP contribution is 2.33. The highest BCUT2D eigenvalue weighted by atomic mass is 16.5. The van der Waals surface area contributed by atoms with Gasteiger partial charge >= 0.3 is 5.97 Å². The quantitative estimate of drug-likeness (QED) is 0.448. The molecular weight excluding hydrogens is 140 g/mol. The van der Waals surface area contributed by atoms with Gasteiger partial charge in [-0.05, 0) is 18.3 Å². The average Bonchev–Trinajstić information content (AvgIpc) is 1.86. The molecule has 0 aromatic carbocycles. The Balaban J connectivity index is 2.54. The van der Waals surface area contributed by atoms with Crippen LogP contribution in [0.2, 0.25) is 0 Å². The van der Waals surface area contributed by atoms with Crippen LogP contribution in [0.5, 0.6) is 0 Å². The number of esters is 1. The maximum absolute atomic E-state index is 10.9. The van der Waals surface area contributed by atoms with E-state index in [1.54, 1.807) is 0 Å². The first kappa shape index (κ1) is 8.31. The molecule has 1 rings (SSSR count). The van der Waals surface area contributed by atoms with Gasteiger partial charge in [0.1, 0.15) is 0 Å². The van der Waals surface area contributed by atoms with Crippen LogP contribution < -0.4 is 0 Å². The molecule has 0 N–H and O–H groups in total. The SMILES string of the molecule is C=CCC1(C)CCOC(=O)C1. The fourth-order valence-electron chi connectivity index (χ4n) is 1.42. The Morgan fingerprint density at radius 3 is 3.09 bits per heavy atom. The Kier molecular flexibility index (Phi) is 2.32. The van der Waals surface area contributed by atoms with Crippen molar-refractivity contribution < 1.29 is 9.53 Å². The van der Waals surface area contributed by atoms with Gasteiger partial charge in [0.2, 0.25) is 0 Å². The second-order valence-corrected chi connectivity index (χ2v) is 3.45. The van der Waals surface area contributed by atoms with Crippen LogP contribution in [0.4, 0.5) is 0 Å². The van der Waals surface area contributed by atoms with E-state index in [1.165, 1.54) is 0 Å². The molecular formula is C9H14O2. The van der Waals surface area contributed by atoms with Crippen molar-refractivity contribution in [1.82, 2.24) is 0 Å². The fraction of sp³-hybridized carbons (Fsp3) is 0.667. The van der Waals surface area contributed by atoms with E-state index >= 15 is 0 Å². The van der Waals surface area contributed by atoms with E-state index in [-0.39, 0.29) is 11.4 Å². The minimum absolute atomic E-state index is 0.0689. The zero-order valence-corrected chi connectivity index (χ0v) is 6.93. The van der Waals surface area contributed by atoms with Crippen LogP contribution in [-0.2, 0) is 9.53 Å². The summed E-state index contributed by atoms with van der Waals surface area (Å²) in [5.41, 5.74) is 0.108. The minimum atomic E-state index is -0.0689. The minimum Gasteiger partial charge on any atom is -0.466 e. The lowest BCUT2D eigenvalue weighted by Crippen LogP contribution is -2.29. The van der Waals surface area contributed by atoms with E-state index in [4.69, 9.17) is 4.74 Å². The van der Waals surface area contributed by atoms with Gasteiger partial charge in [-0.3, -0.25) is 4.79 Å². The Bertz CT molecular complexity index is 174. The third kappa shape index (κ3) is 2.07. The van der Waals surface area contributed by atoms with Gasteiger partial charge in [0, 0.05) is 0 Å². The molecule has 0 amide bonds. The van der Waals surface area contributed by atoms with Crippen LogP contribution in [0.15, 0.2) is 12.7 Å². The summed E-state index contributed by atoms with van der Waals surface area (Å²) < 4.78 is 4.85. The Morgan fingerprint density at radius 1 is 1.82 bits per heavy atom. The number of carbonyl (C=O) groups excluding carboxylic acids is 1. The zero-order valence-electron chi connectivity index (χ0n) is 6.93. The molecule has 1 heterocycles. The predicted molar refractivity (Wildman–Crippen MR) is 43.1 cm³/mol. The molecule has 2 heteroatoms. The highest BCUT2D eigenvalue weighted by Gasteiger charge is 2.30. The van der Waals surface area contributed by atoms with Gasteiger partial charge in [-0.25, -0.2) is 0 Å². The maximum atomic E-state index is 10.9. The summed E-state index contributed by atoms with van der Waals surface area (Å²) in [5.74, 6) is -0.0689. The maximum Gasteiger partial charge on any atom is 0.306 e. The second kappa shape index (κ2) is 3.07. The number of carbonyl (C=O) groups is 1. The molecule has 1 saturated heterocycles.